The first-order chi connectivity index (χ1) is 11.7. The second-order valence-electron chi connectivity index (χ2n) is 5.73. The molecule has 0 atom stereocenters. The number of aromatic nitrogens is 1. The van der Waals surface area contributed by atoms with Gasteiger partial charge in [-0.2, -0.15) is 0 Å². The van der Waals surface area contributed by atoms with E-state index in [4.69, 9.17) is 0 Å². The first-order valence-corrected chi connectivity index (χ1v) is 8.85. The Morgan fingerprint density at radius 1 is 1.29 bits per heavy atom. The topological polar surface area (TPSA) is 87.5 Å². The molecule has 1 fully saturated rings. The zero-order valence-electron chi connectivity index (χ0n) is 13.2. The summed E-state index contributed by atoms with van der Waals surface area (Å²) in [4.78, 5) is 27.2. The van der Waals surface area contributed by atoms with E-state index in [1.807, 2.05) is 11.3 Å². The van der Waals surface area contributed by atoms with Gasteiger partial charge in [-0.05, 0) is 43.3 Å². The lowest BCUT2D eigenvalue weighted by Crippen LogP contribution is -2.42. The fourth-order valence-electron chi connectivity index (χ4n) is 2.82. The van der Waals surface area contributed by atoms with E-state index in [2.05, 4.69) is 42.7 Å². The van der Waals surface area contributed by atoms with Crippen molar-refractivity contribution in [2.45, 2.75) is 18.8 Å². The van der Waals surface area contributed by atoms with Crippen molar-refractivity contribution in [1.29, 1.82) is 0 Å². The van der Waals surface area contributed by atoms with Crippen LogP contribution in [0.25, 0.3) is 0 Å². The summed E-state index contributed by atoms with van der Waals surface area (Å²) in [5, 5.41) is 10.6. The van der Waals surface area contributed by atoms with Gasteiger partial charge in [0.15, 0.2) is 5.82 Å². The van der Waals surface area contributed by atoms with Crippen molar-refractivity contribution in [3.8, 4) is 0 Å². The summed E-state index contributed by atoms with van der Waals surface area (Å²) in [5.41, 5.74) is 0. The van der Waals surface area contributed by atoms with Crippen molar-refractivity contribution in [3.05, 3.63) is 34.7 Å². The molecule has 0 aliphatic carbocycles. The molecule has 2 N–H and O–H groups in total. The molecular formula is C16H20N4O3S. The van der Waals surface area contributed by atoms with Crippen molar-refractivity contribution >= 4 is 29.0 Å². The Morgan fingerprint density at radius 3 is 2.79 bits per heavy atom. The smallest absolute Gasteiger partial charge is 0.314 e. The molecule has 1 aliphatic rings. The summed E-state index contributed by atoms with van der Waals surface area (Å²) in [6.07, 6.45) is 3.61. The number of rotatable bonds is 5. The zero-order valence-corrected chi connectivity index (χ0v) is 14.1. The van der Waals surface area contributed by atoms with Crippen LogP contribution in [0.15, 0.2) is 34.4 Å². The van der Waals surface area contributed by atoms with Gasteiger partial charge in [0.1, 0.15) is 6.26 Å². The van der Waals surface area contributed by atoms with Crippen LogP contribution in [0, 0.1) is 0 Å². The van der Waals surface area contributed by atoms with Gasteiger partial charge in [0, 0.05) is 24.0 Å². The molecule has 1 aliphatic heterocycles. The molecule has 128 valence electrons. The lowest BCUT2D eigenvalue weighted by Gasteiger charge is -2.31. The van der Waals surface area contributed by atoms with E-state index in [0.29, 0.717) is 12.5 Å². The molecule has 8 heteroatoms. The Hall–Kier alpha value is -2.19. The van der Waals surface area contributed by atoms with Crippen LogP contribution < -0.4 is 10.6 Å². The minimum atomic E-state index is -0.736. The average Bonchev–Trinajstić information content (AvgIpc) is 3.29. The molecule has 0 radical (unpaired) electrons. The monoisotopic (exact) mass is 348 g/mol. The van der Waals surface area contributed by atoms with E-state index in [1.54, 1.807) is 0 Å². The van der Waals surface area contributed by atoms with Crippen LogP contribution in [-0.4, -0.2) is 48.0 Å². The van der Waals surface area contributed by atoms with Crippen molar-refractivity contribution in [2.75, 3.05) is 31.5 Å². The van der Waals surface area contributed by atoms with Crippen molar-refractivity contribution in [1.82, 2.24) is 15.4 Å². The summed E-state index contributed by atoms with van der Waals surface area (Å²) >= 11 is 1.83. The van der Waals surface area contributed by atoms with Crippen molar-refractivity contribution < 1.29 is 14.1 Å². The highest BCUT2D eigenvalue weighted by molar-refractivity contribution is 7.10. The highest BCUT2D eigenvalue weighted by atomic mass is 32.1. The largest absolute Gasteiger partial charge is 0.363 e. The Labute approximate surface area is 144 Å². The maximum atomic E-state index is 11.7. The minimum absolute atomic E-state index is 0.228. The Bertz CT molecular complexity index is 649. The highest BCUT2D eigenvalue weighted by Crippen LogP contribution is 2.30. The normalized spacial score (nSPS) is 16.0. The second-order valence-corrected chi connectivity index (χ2v) is 6.71. The molecule has 2 aromatic heterocycles. The number of nitrogens with one attached hydrogen (secondary N) is 2. The molecule has 0 aromatic carbocycles. The first kappa shape index (κ1) is 16.7. The maximum absolute atomic E-state index is 11.7. The predicted octanol–water partition coefficient (Wildman–Crippen LogP) is 1.67. The van der Waals surface area contributed by atoms with Gasteiger partial charge < -0.3 is 14.7 Å². The SMILES string of the molecule is O=C(NCCN1CCC(c2cccs2)CC1)C(=O)Nc1ccon1. The molecule has 2 amide bonds. The van der Waals surface area contributed by atoms with Gasteiger partial charge in [-0.15, -0.1) is 11.3 Å². The van der Waals surface area contributed by atoms with Crippen LogP contribution in [0.1, 0.15) is 23.6 Å². The molecule has 3 heterocycles. The molecule has 7 nitrogen and oxygen atoms in total. The molecule has 2 aromatic rings. The number of likely N-dealkylation sites (tertiary alicyclic amines) is 1. The van der Waals surface area contributed by atoms with Gasteiger partial charge in [-0.1, -0.05) is 11.2 Å². The molecule has 0 bridgehead atoms. The van der Waals surface area contributed by atoms with Crippen LogP contribution in [0.4, 0.5) is 5.82 Å². The molecule has 24 heavy (non-hydrogen) atoms. The quantitative estimate of drug-likeness (QED) is 0.803. The van der Waals surface area contributed by atoms with Gasteiger partial charge in [0.05, 0.1) is 0 Å². The van der Waals surface area contributed by atoms with Gasteiger partial charge >= 0.3 is 11.8 Å². The third kappa shape index (κ3) is 4.42. The molecule has 0 saturated carbocycles. The summed E-state index contributed by atoms with van der Waals surface area (Å²) < 4.78 is 4.59. The molecule has 0 spiro atoms. The van der Waals surface area contributed by atoms with Crippen LogP contribution in [0.2, 0.25) is 0 Å². The summed E-state index contributed by atoms with van der Waals surface area (Å²) in [7, 11) is 0. The lowest BCUT2D eigenvalue weighted by atomic mass is 9.95. The van der Waals surface area contributed by atoms with E-state index >= 15 is 0 Å². The molecule has 3 rings (SSSR count). The van der Waals surface area contributed by atoms with Crippen molar-refractivity contribution in [2.24, 2.45) is 0 Å². The number of piperidine rings is 1. The van der Waals surface area contributed by atoms with Gasteiger partial charge in [-0.3, -0.25) is 14.9 Å². The first-order valence-electron chi connectivity index (χ1n) is 7.97. The number of carbonyl (C=O) groups excluding carboxylic acids is 2. The maximum Gasteiger partial charge on any atom is 0.314 e. The van der Waals surface area contributed by atoms with Gasteiger partial charge in [-0.25, -0.2) is 0 Å². The predicted molar refractivity (Wildman–Crippen MR) is 90.9 cm³/mol. The number of thiophene rings is 1. The Morgan fingerprint density at radius 2 is 2.12 bits per heavy atom. The summed E-state index contributed by atoms with van der Waals surface area (Å²) in [6, 6.07) is 5.79. The van der Waals surface area contributed by atoms with Crippen LogP contribution >= 0.6 is 11.3 Å². The summed E-state index contributed by atoms with van der Waals surface area (Å²) in [6.45, 7) is 3.24. The van der Waals surface area contributed by atoms with Crippen LogP contribution in [-0.2, 0) is 9.59 Å². The van der Waals surface area contributed by atoms with E-state index in [0.717, 1.165) is 32.5 Å². The number of carbonyl (C=O) groups is 2. The van der Waals surface area contributed by atoms with E-state index in [1.165, 1.54) is 17.2 Å². The number of hydrogen-bond donors (Lipinski definition) is 2. The lowest BCUT2D eigenvalue weighted by molar-refractivity contribution is -0.136. The molecule has 0 unspecified atom stereocenters. The third-order valence-electron chi connectivity index (χ3n) is 4.13. The van der Waals surface area contributed by atoms with E-state index in [-0.39, 0.29) is 5.82 Å². The number of hydrogen-bond acceptors (Lipinski definition) is 6. The Kier molecular flexibility index (Phi) is 5.60. The van der Waals surface area contributed by atoms with Crippen LogP contribution in [0.3, 0.4) is 0 Å². The number of amides is 2. The van der Waals surface area contributed by atoms with Gasteiger partial charge in [0.25, 0.3) is 0 Å². The minimum Gasteiger partial charge on any atom is -0.363 e. The summed E-state index contributed by atoms with van der Waals surface area (Å²) in [5.74, 6) is -0.512. The van der Waals surface area contributed by atoms with E-state index < -0.39 is 11.8 Å². The van der Waals surface area contributed by atoms with Crippen LogP contribution in [0.5, 0.6) is 0 Å². The zero-order chi connectivity index (χ0) is 16.8. The average molecular weight is 348 g/mol. The van der Waals surface area contributed by atoms with Gasteiger partial charge in [0.2, 0.25) is 0 Å². The Balaban J connectivity index is 1.33. The van der Waals surface area contributed by atoms with E-state index in [9.17, 15) is 9.59 Å². The highest BCUT2D eigenvalue weighted by Gasteiger charge is 2.21. The third-order valence-corrected chi connectivity index (χ3v) is 5.17. The second kappa shape index (κ2) is 8.07. The standard InChI is InChI=1S/C16H20N4O3S/c21-15(16(22)18-14-5-10-23-19-14)17-6-9-20-7-3-12(4-8-20)13-2-1-11-24-13/h1-2,5,10-12H,3-4,6-9H2,(H,17,21)(H,18,19,22). The molecular weight excluding hydrogens is 328 g/mol. The molecule has 1 saturated heterocycles. The fourth-order valence-corrected chi connectivity index (χ4v) is 3.72. The number of anilines is 1. The van der Waals surface area contributed by atoms with Crippen molar-refractivity contribution in [3.63, 3.8) is 0 Å². The number of nitrogens with zero attached hydrogens (tertiary/aromatic N) is 2. The fraction of sp³-hybridized carbons (Fsp3) is 0.438.